The number of halogens is 1. The number of nitrogens with one attached hydrogen (secondary N) is 1. The molecule has 0 bridgehead atoms. The highest BCUT2D eigenvalue weighted by molar-refractivity contribution is 9.10. The van der Waals surface area contributed by atoms with E-state index in [9.17, 15) is 9.59 Å². The lowest BCUT2D eigenvalue weighted by Crippen LogP contribution is -2.21. The Hall–Kier alpha value is -2.14. The van der Waals surface area contributed by atoms with Crippen molar-refractivity contribution in [1.82, 2.24) is 0 Å². The first kappa shape index (κ1) is 17.7. The normalized spacial score (nSPS) is 15.8. The largest absolute Gasteiger partial charge is 0.483 e. The van der Waals surface area contributed by atoms with E-state index < -0.39 is 0 Å². The van der Waals surface area contributed by atoms with E-state index in [2.05, 4.69) is 21.2 Å². The van der Waals surface area contributed by atoms with Crippen molar-refractivity contribution >= 4 is 33.3 Å². The number of benzene rings is 2. The number of rotatable bonds is 4. The summed E-state index contributed by atoms with van der Waals surface area (Å²) in [5, 5.41) is 2.84. The monoisotopic (exact) mass is 401 g/mol. The van der Waals surface area contributed by atoms with Crippen molar-refractivity contribution < 1.29 is 14.3 Å². The van der Waals surface area contributed by atoms with E-state index >= 15 is 0 Å². The van der Waals surface area contributed by atoms with Crippen LogP contribution in [0.2, 0.25) is 0 Å². The van der Waals surface area contributed by atoms with Crippen molar-refractivity contribution in [1.29, 1.82) is 0 Å². The molecule has 1 aliphatic rings. The molecule has 1 N–H and O–H groups in total. The number of fused-ring (bicyclic) bond motifs is 1. The third-order valence-corrected chi connectivity index (χ3v) is 5.00. The lowest BCUT2D eigenvalue weighted by atomic mass is 9.97. The summed E-state index contributed by atoms with van der Waals surface area (Å²) in [6, 6.07) is 9.37. The van der Waals surface area contributed by atoms with E-state index in [-0.39, 0.29) is 24.2 Å². The predicted octanol–water partition coefficient (Wildman–Crippen LogP) is 4.77. The lowest BCUT2D eigenvalue weighted by Gasteiger charge is -2.14. The number of amides is 1. The predicted molar refractivity (Wildman–Crippen MR) is 102 cm³/mol. The molecule has 2 aromatic carbocycles. The molecule has 0 unspecified atom stereocenters. The molecular formula is C20H20BrNO3. The zero-order valence-electron chi connectivity index (χ0n) is 14.5. The quantitative estimate of drug-likeness (QED) is 0.802. The molecule has 0 spiro atoms. The van der Waals surface area contributed by atoms with Crippen LogP contribution in [-0.4, -0.2) is 18.3 Å². The first-order valence-electron chi connectivity index (χ1n) is 8.22. The van der Waals surface area contributed by atoms with Crippen LogP contribution in [0, 0.1) is 13.8 Å². The molecule has 130 valence electrons. The molecule has 1 atom stereocenters. The van der Waals surface area contributed by atoms with Crippen LogP contribution in [0.25, 0.3) is 0 Å². The number of carbonyl (C=O) groups is 2. The molecule has 0 aromatic heterocycles. The minimum Gasteiger partial charge on any atom is -0.483 e. The average molecular weight is 402 g/mol. The fourth-order valence-corrected chi connectivity index (χ4v) is 3.80. The van der Waals surface area contributed by atoms with E-state index in [4.69, 9.17) is 4.74 Å². The molecule has 3 rings (SSSR count). The van der Waals surface area contributed by atoms with Crippen LogP contribution in [0.5, 0.6) is 5.75 Å². The summed E-state index contributed by atoms with van der Waals surface area (Å²) in [7, 11) is 0. The van der Waals surface area contributed by atoms with E-state index in [0.717, 1.165) is 26.9 Å². The molecule has 0 fully saturated rings. The third-order valence-electron chi connectivity index (χ3n) is 4.51. The van der Waals surface area contributed by atoms with Crippen LogP contribution in [0.4, 0.5) is 5.69 Å². The SMILES string of the molecule is Cc1cc(Br)ccc1NC(=O)COc1ccc(C)c2c1C(=O)C[C@@H]2C. The summed E-state index contributed by atoms with van der Waals surface area (Å²) in [5.41, 5.74) is 4.49. The first-order valence-corrected chi connectivity index (χ1v) is 9.01. The average Bonchev–Trinajstić information content (AvgIpc) is 2.85. The molecule has 25 heavy (non-hydrogen) atoms. The van der Waals surface area contributed by atoms with E-state index in [1.54, 1.807) is 6.07 Å². The number of ketones is 1. The number of aryl methyl sites for hydroxylation is 2. The highest BCUT2D eigenvalue weighted by Gasteiger charge is 2.31. The third kappa shape index (κ3) is 3.61. The van der Waals surface area contributed by atoms with Crippen molar-refractivity contribution in [2.75, 3.05) is 11.9 Å². The van der Waals surface area contributed by atoms with Crippen LogP contribution < -0.4 is 10.1 Å². The van der Waals surface area contributed by atoms with Crippen LogP contribution in [0.15, 0.2) is 34.8 Å². The van der Waals surface area contributed by atoms with Gasteiger partial charge < -0.3 is 10.1 Å². The van der Waals surface area contributed by atoms with Gasteiger partial charge in [-0.1, -0.05) is 28.9 Å². The fraction of sp³-hybridized carbons (Fsp3) is 0.300. The number of hydrogen-bond donors (Lipinski definition) is 1. The van der Waals surface area contributed by atoms with Crippen LogP contribution in [-0.2, 0) is 4.79 Å². The number of carbonyl (C=O) groups excluding carboxylic acids is 2. The lowest BCUT2D eigenvalue weighted by molar-refractivity contribution is -0.118. The van der Waals surface area contributed by atoms with Gasteiger partial charge in [-0.2, -0.15) is 0 Å². The summed E-state index contributed by atoms with van der Waals surface area (Å²) in [5.74, 6) is 0.534. The molecule has 0 aliphatic heterocycles. The van der Waals surface area contributed by atoms with E-state index in [1.807, 2.05) is 45.0 Å². The van der Waals surface area contributed by atoms with Gasteiger partial charge in [-0.25, -0.2) is 0 Å². The number of ether oxygens (including phenoxy) is 1. The minimum atomic E-state index is -0.252. The Morgan fingerprint density at radius 1 is 1.24 bits per heavy atom. The van der Waals surface area contributed by atoms with Crippen molar-refractivity contribution in [3.05, 3.63) is 57.1 Å². The number of anilines is 1. The Labute approximate surface area is 155 Å². The highest BCUT2D eigenvalue weighted by Crippen LogP contribution is 2.40. The second-order valence-electron chi connectivity index (χ2n) is 6.49. The van der Waals surface area contributed by atoms with Gasteiger partial charge in [-0.3, -0.25) is 9.59 Å². The van der Waals surface area contributed by atoms with Crippen LogP contribution >= 0.6 is 15.9 Å². The summed E-state index contributed by atoms with van der Waals surface area (Å²) in [4.78, 5) is 24.5. The topological polar surface area (TPSA) is 55.4 Å². The molecular weight excluding hydrogens is 382 g/mol. The maximum Gasteiger partial charge on any atom is 0.262 e. The van der Waals surface area contributed by atoms with Gasteiger partial charge in [0.05, 0.1) is 5.56 Å². The van der Waals surface area contributed by atoms with Gasteiger partial charge >= 0.3 is 0 Å². The maximum absolute atomic E-state index is 12.3. The van der Waals surface area contributed by atoms with Gasteiger partial charge in [0.15, 0.2) is 12.4 Å². The first-order chi connectivity index (χ1) is 11.9. The second-order valence-corrected chi connectivity index (χ2v) is 7.41. The number of hydrogen-bond acceptors (Lipinski definition) is 3. The highest BCUT2D eigenvalue weighted by atomic mass is 79.9. The van der Waals surface area contributed by atoms with Crippen molar-refractivity contribution in [3.8, 4) is 5.75 Å². The molecule has 4 nitrogen and oxygen atoms in total. The van der Waals surface area contributed by atoms with Gasteiger partial charge in [0.2, 0.25) is 0 Å². The maximum atomic E-state index is 12.3. The molecule has 0 radical (unpaired) electrons. The Bertz CT molecular complexity index is 860. The second kappa shape index (κ2) is 7.00. The van der Waals surface area contributed by atoms with Crippen LogP contribution in [0.1, 0.15) is 46.3 Å². The molecule has 0 saturated carbocycles. The zero-order valence-corrected chi connectivity index (χ0v) is 16.1. The molecule has 0 saturated heterocycles. The molecule has 1 amide bonds. The van der Waals surface area contributed by atoms with Crippen molar-refractivity contribution in [2.45, 2.75) is 33.1 Å². The molecule has 5 heteroatoms. The van der Waals surface area contributed by atoms with Gasteiger partial charge in [-0.15, -0.1) is 0 Å². The summed E-state index contributed by atoms with van der Waals surface area (Å²) >= 11 is 3.40. The molecule has 1 aliphatic carbocycles. The Morgan fingerprint density at radius 3 is 2.72 bits per heavy atom. The van der Waals surface area contributed by atoms with Gasteiger partial charge in [0, 0.05) is 16.6 Å². The smallest absolute Gasteiger partial charge is 0.262 e. The zero-order chi connectivity index (χ0) is 18.1. The van der Waals surface area contributed by atoms with Crippen molar-refractivity contribution in [3.63, 3.8) is 0 Å². The summed E-state index contributed by atoms with van der Waals surface area (Å²) < 4.78 is 6.64. The molecule has 0 heterocycles. The van der Waals surface area contributed by atoms with Gasteiger partial charge in [0.1, 0.15) is 5.75 Å². The molecule has 2 aromatic rings. The standard InChI is InChI=1S/C20H20BrNO3/c1-11-4-7-17(20-16(23)9-13(3)19(11)20)25-10-18(24)22-15-6-5-14(21)8-12(15)2/h4-8,13H,9-10H2,1-3H3,(H,22,24)/t13-/m0/s1. The summed E-state index contributed by atoms with van der Waals surface area (Å²) in [6.07, 6.45) is 0.501. The van der Waals surface area contributed by atoms with Gasteiger partial charge in [-0.05, 0) is 60.7 Å². The number of Topliss-reactive ketones (excluding diaryl/α,β-unsaturated/α-hetero) is 1. The van der Waals surface area contributed by atoms with Crippen LogP contribution in [0.3, 0.4) is 0 Å². The summed E-state index contributed by atoms with van der Waals surface area (Å²) in [6.45, 7) is 5.84. The Kier molecular flexibility index (Phi) is 4.95. The van der Waals surface area contributed by atoms with Crippen molar-refractivity contribution in [2.24, 2.45) is 0 Å². The fourth-order valence-electron chi connectivity index (χ4n) is 3.33. The van der Waals surface area contributed by atoms with E-state index in [1.165, 1.54) is 0 Å². The van der Waals surface area contributed by atoms with Gasteiger partial charge in [0.25, 0.3) is 5.91 Å². The Morgan fingerprint density at radius 2 is 2.00 bits per heavy atom. The minimum absolute atomic E-state index is 0.0883. The Balaban J connectivity index is 1.72. The van der Waals surface area contributed by atoms with E-state index in [0.29, 0.717) is 17.7 Å².